The van der Waals surface area contributed by atoms with Crippen LogP contribution in [0.4, 0.5) is 0 Å². The summed E-state index contributed by atoms with van der Waals surface area (Å²) in [6, 6.07) is 27.3. The minimum absolute atomic E-state index is 0.0931. The van der Waals surface area contributed by atoms with E-state index in [-0.39, 0.29) is 5.41 Å². The minimum Gasteiger partial charge on any atom is -0.254 e. The van der Waals surface area contributed by atoms with Crippen molar-refractivity contribution in [2.24, 2.45) is 0 Å². The topological polar surface area (TPSA) is 25.8 Å². The van der Waals surface area contributed by atoms with Crippen LogP contribution in [0.15, 0.2) is 85.2 Å². The van der Waals surface area contributed by atoms with E-state index in [2.05, 4.69) is 85.6 Å². The van der Waals surface area contributed by atoms with Gasteiger partial charge in [-0.05, 0) is 70.5 Å². The van der Waals surface area contributed by atoms with Gasteiger partial charge in [0, 0.05) is 28.6 Å². The van der Waals surface area contributed by atoms with Gasteiger partial charge in [-0.2, -0.15) is 0 Å². The van der Waals surface area contributed by atoms with Crippen molar-refractivity contribution in [3.05, 3.63) is 96.3 Å². The molecule has 2 nitrogen and oxygen atoms in total. The average molecular weight is 513 g/mol. The highest BCUT2D eigenvalue weighted by Gasteiger charge is 2.42. The first-order chi connectivity index (χ1) is 19.3. The Labute approximate surface area is 233 Å². The zero-order chi connectivity index (χ0) is 26.7. The Morgan fingerprint density at radius 1 is 0.564 bits per heavy atom. The van der Waals surface area contributed by atoms with Crippen LogP contribution in [0.5, 0.6) is 0 Å². The molecule has 0 atom stereocenters. The van der Waals surface area contributed by atoms with Crippen LogP contribution in [0.3, 0.4) is 0 Å². The lowest BCUT2D eigenvalue weighted by Crippen LogP contribution is -2.25. The molecule has 6 rings (SSSR count). The molecular weight excluding hydrogens is 472 g/mol. The predicted octanol–water partition coefficient (Wildman–Crippen LogP) is 10.7. The molecule has 0 radical (unpaired) electrons. The second-order valence-corrected chi connectivity index (χ2v) is 11.4. The smallest absolute Gasteiger partial charge is 0.0970 e. The van der Waals surface area contributed by atoms with Gasteiger partial charge < -0.3 is 0 Å². The lowest BCUT2D eigenvalue weighted by molar-refractivity contribution is 0.401. The first-order valence-corrected chi connectivity index (χ1v) is 15.1. The van der Waals surface area contributed by atoms with Crippen LogP contribution in [0.2, 0.25) is 0 Å². The van der Waals surface area contributed by atoms with E-state index in [9.17, 15) is 0 Å². The Bertz CT molecular complexity index is 1590. The Hall–Kier alpha value is -3.52. The Morgan fingerprint density at radius 3 is 2.03 bits per heavy atom. The van der Waals surface area contributed by atoms with Gasteiger partial charge in [0.05, 0.1) is 11.0 Å². The average Bonchev–Trinajstić information content (AvgIpc) is 3.26. The Kier molecular flexibility index (Phi) is 7.46. The van der Waals surface area contributed by atoms with Crippen LogP contribution >= 0.6 is 0 Å². The van der Waals surface area contributed by atoms with Gasteiger partial charge in [-0.15, -0.1) is 0 Å². The molecule has 2 aromatic heterocycles. The number of benzene rings is 3. The normalized spacial score (nSPS) is 13.6. The van der Waals surface area contributed by atoms with E-state index in [0.717, 1.165) is 16.4 Å². The lowest BCUT2D eigenvalue weighted by Gasteiger charge is -2.33. The third kappa shape index (κ3) is 4.65. The van der Waals surface area contributed by atoms with Gasteiger partial charge in [0.1, 0.15) is 0 Å². The highest BCUT2D eigenvalue weighted by atomic mass is 14.7. The Morgan fingerprint density at radius 2 is 1.26 bits per heavy atom. The number of fused-ring (bicyclic) bond motifs is 6. The van der Waals surface area contributed by atoms with Crippen LogP contribution in [0, 0.1) is 0 Å². The van der Waals surface area contributed by atoms with Gasteiger partial charge in [0.2, 0.25) is 0 Å². The molecule has 2 heteroatoms. The van der Waals surface area contributed by atoms with E-state index in [4.69, 9.17) is 4.98 Å². The van der Waals surface area contributed by atoms with Crippen LogP contribution in [0.1, 0.15) is 89.2 Å². The van der Waals surface area contributed by atoms with Crippen LogP contribution in [-0.2, 0) is 5.41 Å². The molecule has 0 spiro atoms. The largest absolute Gasteiger partial charge is 0.254 e. The fraction of sp³-hybridized carbons (Fsp3) is 0.351. The summed E-state index contributed by atoms with van der Waals surface area (Å²) in [5, 5.41) is 2.32. The number of pyridine rings is 2. The summed E-state index contributed by atoms with van der Waals surface area (Å²) in [4.78, 5) is 9.47. The van der Waals surface area contributed by atoms with Gasteiger partial charge in [-0.3, -0.25) is 9.97 Å². The van der Waals surface area contributed by atoms with E-state index in [1.807, 2.05) is 18.5 Å². The number of unbranched alkanes of at least 4 members (excludes halogenated alkanes) is 6. The lowest BCUT2D eigenvalue weighted by atomic mass is 9.70. The summed E-state index contributed by atoms with van der Waals surface area (Å²) in [5.74, 6) is 0. The van der Waals surface area contributed by atoms with Crippen LogP contribution in [0.25, 0.3) is 44.1 Å². The number of hydrogen-bond acceptors (Lipinski definition) is 2. The van der Waals surface area contributed by atoms with E-state index in [0.29, 0.717) is 0 Å². The van der Waals surface area contributed by atoms with Crippen LogP contribution in [-0.4, -0.2) is 9.97 Å². The third-order valence-electron chi connectivity index (χ3n) is 8.95. The second kappa shape index (κ2) is 11.3. The van der Waals surface area contributed by atoms with E-state index >= 15 is 0 Å². The fourth-order valence-corrected chi connectivity index (χ4v) is 7.01. The van der Waals surface area contributed by atoms with Crippen molar-refractivity contribution in [3.8, 4) is 22.3 Å². The predicted molar refractivity (Wildman–Crippen MR) is 166 cm³/mol. The van der Waals surface area contributed by atoms with Crippen molar-refractivity contribution in [2.75, 3.05) is 0 Å². The standard InChI is InChI=1S/C37H40N2/c1-3-5-7-11-21-37(22-12-8-6-4-2)33-18-10-9-16-29(33)30-20-19-27(26-34(30)37)32-25-28-15-13-23-38-35(28)36-31(32)17-14-24-39-36/h9-10,13-20,23-26H,3-8,11-12,21-22H2,1-2H3. The maximum absolute atomic E-state index is 4.78. The fourth-order valence-electron chi connectivity index (χ4n) is 7.01. The first-order valence-electron chi connectivity index (χ1n) is 15.1. The molecule has 0 saturated carbocycles. The zero-order valence-electron chi connectivity index (χ0n) is 23.5. The van der Waals surface area contributed by atoms with Crippen molar-refractivity contribution >= 4 is 21.8 Å². The highest BCUT2D eigenvalue weighted by Crippen LogP contribution is 2.55. The number of rotatable bonds is 11. The minimum atomic E-state index is 0.0931. The zero-order valence-corrected chi connectivity index (χ0v) is 23.5. The molecule has 0 amide bonds. The summed E-state index contributed by atoms with van der Waals surface area (Å²) in [5.41, 5.74) is 10.6. The molecule has 1 aliphatic carbocycles. The maximum Gasteiger partial charge on any atom is 0.0970 e. The molecule has 1 aliphatic rings. The number of aromatic nitrogens is 2. The maximum atomic E-state index is 4.78. The van der Waals surface area contributed by atoms with Gasteiger partial charge in [0.25, 0.3) is 0 Å². The first kappa shape index (κ1) is 25.7. The summed E-state index contributed by atoms with van der Waals surface area (Å²) in [7, 11) is 0. The number of hydrogen-bond donors (Lipinski definition) is 0. The quantitative estimate of drug-likeness (QED) is 0.130. The van der Waals surface area contributed by atoms with Gasteiger partial charge in [-0.25, -0.2) is 0 Å². The third-order valence-corrected chi connectivity index (χ3v) is 8.95. The molecule has 2 heterocycles. The molecule has 3 aromatic carbocycles. The molecule has 0 saturated heterocycles. The van der Waals surface area contributed by atoms with E-state index in [1.54, 1.807) is 5.56 Å². The van der Waals surface area contributed by atoms with Crippen molar-refractivity contribution in [3.63, 3.8) is 0 Å². The summed E-state index contributed by atoms with van der Waals surface area (Å²) >= 11 is 0. The summed E-state index contributed by atoms with van der Waals surface area (Å²) in [6.45, 7) is 4.62. The molecule has 5 aromatic rings. The van der Waals surface area contributed by atoms with Gasteiger partial charge >= 0.3 is 0 Å². The van der Waals surface area contributed by atoms with Crippen LogP contribution < -0.4 is 0 Å². The molecule has 39 heavy (non-hydrogen) atoms. The van der Waals surface area contributed by atoms with Crippen molar-refractivity contribution < 1.29 is 0 Å². The van der Waals surface area contributed by atoms with E-state index < -0.39 is 0 Å². The molecule has 0 fully saturated rings. The van der Waals surface area contributed by atoms with Crippen molar-refractivity contribution in [1.29, 1.82) is 0 Å². The second-order valence-electron chi connectivity index (χ2n) is 11.4. The molecule has 198 valence electrons. The van der Waals surface area contributed by atoms with Crippen molar-refractivity contribution in [1.82, 2.24) is 9.97 Å². The van der Waals surface area contributed by atoms with Gasteiger partial charge in [0.15, 0.2) is 0 Å². The molecule has 0 unspecified atom stereocenters. The molecule has 0 N–H and O–H groups in total. The molecular formula is C37H40N2. The van der Waals surface area contributed by atoms with E-state index in [1.165, 1.54) is 97.4 Å². The molecule has 0 aliphatic heterocycles. The highest BCUT2D eigenvalue weighted by molar-refractivity contribution is 6.10. The Balaban J connectivity index is 1.52. The monoisotopic (exact) mass is 512 g/mol. The van der Waals surface area contributed by atoms with Crippen molar-refractivity contribution in [2.45, 2.75) is 83.5 Å². The summed E-state index contributed by atoms with van der Waals surface area (Å²) < 4.78 is 0. The number of nitrogens with zero attached hydrogens (tertiary/aromatic N) is 2. The molecule has 0 bridgehead atoms. The van der Waals surface area contributed by atoms with Gasteiger partial charge in [-0.1, -0.05) is 114 Å². The summed E-state index contributed by atoms with van der Waals surface area (Å²) in [6.07, 6.45) is 16.6. The SMILES string of the molecule is CCCCCCC1(CCCCCC)c2ccccc2-c2ccc(-c3cc4cccnc4c4ncccc34)cc21.